The number of halogens is 2. The lowest BCUT2D eigenvalue weighted by molar-refractivity contribution is -0.384. The van der Waals surface area contributed by atoms with Crippen molar-refractivity contribution in [1.29, 1.82) is 0 Å². The topological polar surface area (TPSA) is 109 Å². The fourth-order valence-electron chi connectivity index (χ4n) is 2.87. The first-order valence-electron chi connectivity index (χ1n) is 9.21. The van der Waals surface area contributed by atoms with Crippen molar-refractivity contribution in [2.24, 2.45) is 0 Å². The Kier molecular flexibility index (Phi) is 6.78. The number of para-hydroxylation sites is 1. The number of anilines is 1. The largest absolute Gasteiger partial charge is 0.493 e. The van der Waals surface area contributed by atoms with Crippen LogP contribution >= 0.6 is 0 Å². The van der Waals surface area contributed by atoms with Gasteiger partial charge in [-0.05, 0) is 31.2 Å². The van der Waals surface area contributed by atoms with Gasteiger partial charge in [-0.25, -0.2) is 4.68 Å². The number of aryl methyl sites for hydroxylation is 1. The van der Waals surface area contributed by atoms with Crippen LogP contribution in [0.2, 0.25) is 0 Å². The summed E-state index contributed by atoms with van der Waals surface area (Å²) in [5, 5.41) is 17.8. The van der Waals surface area contributed by atoms with E-state index in [1.54, 1.807) is 19.1 Å². The number of nitro groups is 1. The summed E-state index contributed by atoms with van der Waals surface area (Å²) in [5.41, 5.74) is 1.25. The quantitative estimate of drug-likeness (QED) is 0.314. The van der Waals surface area contributed by atoms with Gasteiger partial charge in [0.15, 0.2) is 11.5 Å². The fourth-order valence-corrected chi connectivity index (χ4v) is 2.87. The zero-order valence-electron chi connectivity index (χ0n) is 17.0. The number of carbonyl (C=O) groups excluding carboxylic acids is 1. The summed E-state index contributed by atoms with van der Waals surface area (Å²) in [7, 11) is 1.32. The van der Waals surface area contributed by atoms with E-state index < -0.39 is 17.4 Å². The number of amides is 1. The van der Waals surface area contributed by atoms with Gasteiger partial charge in [-0.2, -0.15) is 13.9 Å². The summed E-state index contributed by atoms with van der Waals surface area (Å²) < 4.78 is 36.5. The van der Waals surface area contributed by atoms with Crippen LogP contribution in [0.3, 0.4) is 0 Å². The third-order valence-corrected chi connectivity index (χ3v) is 4.24. The highest BCUT2D eigenvalue weighted by atomic mass is 19.3. The SMILES string of the molecule is COc1cccc(/C=C/C(=O)Nc2cc(C)nn2-c2ccc([N+](=O)[O-])cc2)c1OC(F)F. The van der Waals surface area contributed by atoms with Crippen molar-refractivity contribution in [2.75, 3.05) is 12.4 Å². The second-order valence-corrected chi connectivity index (χ2v) is 6.44. The normalized spacial score (nSPS) is 11.0. The number of non-ortho nitro benzene ring substituents is 1. The van der Waals surface area contributed by atoms with Gasteiger partial charge in [-0.3, -0.25) is 14.9 Å². The van der Waals surface area contributed by atoms with Gasteiger partial charge in [0, 0.05) is 29.8 Å². The molecule has 0 aliphatic carbocycles. The molecule has 1 N–H and O–H groups in total. The van der Waals surface area contributed by atoms with Gasteiger partial charge in [-0.1, -0.05) is 12.1 Å². The van der Waals surface area contributed by atoms with Gasteiger partial charge < -0.3 is 14.8 Å². The minimum Gasteiger partial charge on any atom is -0.493 e. The lowest BCUT2D eigenvalue weighted by atomic mass is 10.1. The molecule has 0 saturated carbocycles. The number of hydrogen-bond acceptors (Lipinski definition) is 6. The number of nitrogens with one attached hydrogen (secondary N) is 1. The molecule has 3 aromatic rings. The van der Waals surface area contributed by atoms with Gasteiger partial charge in [0.05, 0.1) is 23.4 Å². The summed E-state index contributed by atoms with van der Waals surface area (Å²) in [6.07, 6.45) is 2.46. The first-order valence-corrected chi connectivity index (χ1v) is 9.21. The van der Waals surface area contributed by atoms with Crippen LogP contribution in [0.1, 0.15) is 11.3 Å². The minimum absolute atomic E-state index is 0.0775. The predicted octanol–water partition coefficient (Wildman–Crippen LogP) is 4.35. The second-order valence-electron chi connectivity index (χ2n) is 6.44. The van der Waals surface area contributed by atoms with Gasteiger partial charge in [0.1, 0.15) is 5.82 Å². The number of alkyl halides is 2. The van der Waals surface area contributed by atoms with Crippen molar-refractivity contribution in [2.45, 2.75) is 13.5 Å². The van der Waals surface area contributed by atoms with Crippen LogP contribution in [0.4, 0.5) is 20.3 Å². The molecular weight excluding hydrogens is 426 g/mol. The molecule has 0 aliphatic rings. The highest BCUT2D eigenvalue weighted by molar-refractivity contribution is 6.01. The van der Waals surface area contributed by atoms with E-state index in [-0.39, 0.29) is 22.7 Å². The summed E-state index contributed by atoms with van der Waals surface area (Å²) in [4.78, 5) is 22.8. The van der Waals surface area contributed by atoms with Gasteiger partial charge >= 0.3 is 6.61 Å². The summed E-state index contributed by atoms with van der Waals surface area (Å²) in [6.45, 7) is -1.34. The molecule has 0 atom stereocenters. The minimum atomic E-state index is -3.06. The zero-order valence-corrected chi connectivity index (χ0v) is 17.0. The van der Waals surface area contributed by atoms with Crippen molar-refractivity contribution < 1.29 is 28.0 Å². The molecule has 166 valence electrons. The van der Waals surface area contributed by atoms with E-state index in [0.29, 0.717) is 17.2 Å². The van der Waals surface area contributed by atoms with Crippen LogP contribution in [0, 0.1) is 17.0 Å². The Morgan fingerprint density at radius 1 is 1.25 bits per heavy atom. The number of carbonyl (C=O) groups is 1. The van der Waals surface area contributed by atoms with Crippen molar-refractivity contribution in [3.8, 4) is 17.2 Å². The molecule has 32 heavy (non-hydrogen) atoms. The summed E-state index contributed by atoms with van der Waals surface area (Å²) >= 11 is 0. The summed E-state index contributed by atoms with van der Waals surface area (Å²) in [6, 6.07) is 11.8. The van der Waals surface area contributed by atoms with Crippen LogP contribution < -0.4 is 14.8 Å². The maximum atomic E-state index is 12.8. The van der Waals surface area contributed by atoms with E-state index in [0.717, 1.165) is 6.08 Å². The van der Waals surface area contributed by atoms with Crippen molar-refractivity contribution in [3.05, 3.63) is 76.0 Å². The molecule has 1 aromatic heterocycles. The van der Waals surface area contributed by atoms with E-state index in [2.05, 4.69) is 15.2 Å². The van der Waals surface area contributed by atoms with Crippen LogP contribution in [-0.2, 0) is 4.79 Å². The van der Waals surface area contributed by atoms with E-state index in [1.165, 1.54) is 54.3 Å². The Balaban J connectivity index is 1.82. The Morgan fingerprint density at radius 2 is 1.97 bits per heavy atom. The van der Waals surface area contributed by atoms with E-state index >= 15 is 0 Å². The van der Waals surface area contributed by atoms with Crippen molar-refractivity contribution in [1.82, 2.24) is 9.78 Å². The zero-order chi connectivity index (χ0) is 23.3. The molecule has 11 heteroatoms. The highest BCUT2D eigenvalue weighted by Crippen LogP contribution is 2.33. The number of nitro benzene ring substituents is 1. The fraction of sp³-hybridized carbons (Fsp3) is 0.143. The van der Waals surface area contributed by atoms with Crippen molar-refractivity contribution in [3.63, 3.8) is 0 Å². The molecule has 0 unspecified atom stereocenters. The Hall–Kier alpha value is -4.28. The molecule has 0 bridgehead atoms. The van der Waals surface area contributed by atoms with Gasteiger partial charge in [0.2, 0.25) is 5.91 Å². The van der Waals surface area contributed by atoms with Crippen LogP contribution in [0.15, 0.2) is 54.6 Å². The molecule has 2 aromatic carbocycles. The molecular formula is C21H18F2N4O5. The first kappa shape index (κ1) is 22.4. The van der Waals surface area contributed by atoms with Gasteiger partial charge in [0.25, 0.3) is 5.69 Å². The molecule has 1 heterocycles. The number of ether oxygens (including phenoxy) is 2. The monoisotopic (exact) mass is 444 g/mol. The third-order valence-electron chi connectivity index (χ3n) is 4.24. The number of hydrogen-bond donors (Lipinski definition) is 1. The Morgan fingerprint density at radius 3 is 2.59 bits per heavy atom. The maximum absolute atomic E-state index is 12.8. The average molecular weight is 444 g/mol. The lowest BCUT2D eigenvalue weighted by Crippen LogP contribution is -2.12. The molecule has 0 saturated heterocycles. The van der Waals surface area contributed by atoms with Crippen LogP contribution in [-0.4, -0.2) is 34.3 Å². The van der Waals surface area contributed by atoms with Crippen molar-refractivity contribution >= 4 is 23.5 Å². The lowest BCUT2D eigenvalue weighted by Gasteiger charge is -2.12. The smallest absolute Gasteiger partial charge is 0.387 e. The molecule has 9 nitrogen and oxygen atoms in total. The highest BCUT2D eigenvalue weighted by Gasteiger charge is 2.15. The second kappa shape index (κ2) is 9.69. The molecule has 0 fully saturated rings. The first-order chi connectivity index (χ1) is 15.3. The van der Waals surface area contributed by atoms with E-state index in [1.807, 2.05) is 0 Å². The van der Waals surface area contributed by atoms with E-state index in [4.69, 9.17) is 4.74 Å². The molecule has 1 amide bonds. The molecule has 0 aliphatic heterocycles. The van der Waals surface area contributed by atoms with Crippen LogP contribution in [0.25, 0.3) is 11.8 Å². The number of methoxy groups -OCH3 is 1. The maximum Gasteiger partial charge on any atom is 0.387 e. The standard InChI is InChI=1S/C21H18F2N4O5/c1-13-12-18(26(25-13)15-7-9-16(10-8-15)27(29)30)24-19(28)11-6-14-4-3-5-17(31-2)20(14)32-21(22)23/h3-12,21H,1-2H3,(H,24,28)/b11-6+. The summed E-state index contributed by atoms with van der Waals surface area (Å²) in [5.74, 6) is -0.333. The number of benzene rings is 2. The van der Waals surface area contributed by atoms with Crippen LogP contribution in [0.5, 0.6) is 11.5 Å². The molecule has 3 rings (SSSR count). The Bertz CT molecular complexity index is 1160. The molecule has 0 radical (unpaired) electrons. The third kappa shape index (κ3) is 5.25. The average Bonchev–Trinajstić information content (AvgIpc) is 3.12. The number of aromatic nitrogens is 2. The number of rotatable bonds is 8. The predicted molar refractivity (Wildman–Crippen MR) is 112 cm³/mol. The Labute approximate surface area is 181 Å². The van der Waals surface area contributed by atoms with Gasteiger partial charge in [-0.15, -0.1) is 0 Å². The number of nitrogens with zero attached hydrogens (tertiary/aromatic N) is 3. The van der Waals surface area contributed by atoms with E-state index in [9.17, 15) is 23.7 Å². The molecule has 0 spiro atoms.